The molecule has 144 valence electrons. The molecule has 0 saturated heterocycles. The molecule has 1 N–H and O–H groups in total. The second-order valence-electron chi connectivity index (χ2n) is 6.58. The molecule has 0 aliphatic heterocycles. The number of fused-ring (bicyclic) bond motifs is 3. The number of rotatable bonds is 3. The van der Waals surface area contributed by atoms with Crippen LogP contribution in [0.15, 0.2) is 66.7 Å². The van der Waals surface area contributed by atoms with Crippen LogP contribution in [-0.2, 0) is 4.74 Å². The summed E-state index contributed by atoms with van der Waals surface area (Å²) >= 11 is 0. The zero-order valence-corrected chi connectivity index (χ0v) is 15.4. The Morgan fingerprint density at radius 3 is 2.28 bits per heavy atom. The van der Waals surface area contributed by atoms with Gasteiger partial charge in [0.1, 0.15) is 6.61 Å². The maximum Gasteiger partial charge on any atom is 0.407 e. The van der Waals surface area contributed by atoms with Gasteiger partial charge in [-0.05, 0) is 34.4 Å². The molecule has 0 spiro atoms. The SMILES string of the molecule is O=C(NCC#Cc1cccc(F)c1F)OCC1c2ccccc2-c2ccccc21. The predicted molar refractivity (Wildman–Crippen MR) is 106 cm³/mol. The van der Waals surface area contributed by atoms with Crippen LogP contribution in [0.3, 0.4) is 0 Å². The van der Waals surface area contributed by atoms with Crippen molar-refractivity contribution in [3.63, 3.8) is 0 Å². The number of hydrogen-bond donors (Lipinski definition) is 1. The Kier molecular flexibility index (Phi) is 5.26. The van der Waals surface area contributed by atoms with Gasteiger partial charge in [0.05, 0.1) is 12.1 Å². The molecule has 5 heteroatoms. The fourth-order valence-corrected chi connectivity index (χ4v) is 3.51. The lowest BCUT2D eigenvalue weighted by atomic mass is 9.98. The van der Waals surface area contributed by atoms with Gasteiger partial charge in [0.25, 0.3) is 0 Å². The second kappa shape index (κ2) is 8.15. The number of amides is 1. The molecule has 3 aromatic rings. The first kappa shape index (κ1) is 18.7. The van der Waals surface area contributed by atoms with Gasteiger partial charge in [-0.3, -0.25) is 0 Å². The van der Waals surface area contributed by atoms with E-state index in [-0.39, 0.29) is 24.6 Å². The molecule has 29 heavy (non-hydrogen) atoms. The number of hydrogen-bond acceptors (Lipinski definition) is 2. The molecule has 0 saturated carbocycles. The molecule has 0 aromatic heterocycles. The van der Waals surface area contributed by atoms with Crippen LogP contribution in [0, 0.1) is 23.5 Å². The lowest BCUT2D eigenvalue weighted by Crippen LogP contribution is -2.26. The van der Waals surface area contributed by atoms with Crippen molar-refractivity contribution >= 4 is 6.09 Å². The highest BCUT2D eigenvalue weighted by molar-refractivity contribution is 5.79. The highest BCUT2D eigenvalue weighted by Gasteiger charge is 2.28. The van der Waals surface area contributed by atoms with E-state index in [0.29, 0.717) is 0 Å². The number of benzene rings is 3. The van der Waals surface area contributed by atoms with Crippen molar-refractivity contribution in [3.8, 4) is 23.0 Å². The van der Waals surface area contributed by atoms with E-state index in [2.05, 4.69) is 29.3 Å². The largest absolute Gasteiger partial charge is 0.449 e. The smallest absolute Gasteiger partial charge is 0.407 e. The van der Waals surface area contributed by atoms with Gasteiger partial charge in [-0.15, -0.1) is 0 Å². The summed E-state index contributed by atoms with van der Waals surface area (Å²) in [4.78, 5) is 12.0. The van der Waals surface area contributed by atoms with Crippen LogP contribution in [0.2, 0.25) is 0 Å². The fraction of sp³-hybridized carbons (Fsp3) is 0.125. The van der Waals surface area contributed by atoms with Crippen molar-refractivity contribution in [2.75, 3.05) is 13.2 Å². The van der Waals surface area contributed by atoms with Crippen molar-refractivity contribution in [1.82, 2.24) is 5.32 Å². The zero-order chi connectivity index (χ0) is 20.2. The van der Waals surface area contributed by atoms with Crippen LogP contribution in [-0.4, -0.2) is 19.2 Å². The van der Waals surface area contributed by atoms with Crippen LogP contribution >= 0.6 is 0 Å². The number of carbonyl (C=O) groups excluding carboxylic acids is 1. The van der Waals surface area contributed by atoms with Crippen molar-refractivity contribution in [2.45, 2.75) is 5.92 Å². The summed E-state index contributed by atoms with van der Waals surface area (Å²) in [5.41, 5.74) is 4.50. The van der Waals surface area contributed by atoms with Crippen LogP contribution in [0.5, 0.6) is 0 Å². The molecule has 0 heterocycles. The third-order valence-electron chi connectivity index (χ3n) is 4.84. The summed E-state index contributed by atoms with van der Waals surface area (Å²) in [5.74, 6) is 3.11. The first-order valence-electron chi connectivity index (χ1n) is 9.17. The highest BCUT2D eigenvalue weighted by Crippen LogP contribution is 2.44. The van der Waals surface area contributed by atoms with Crippen LogP contribution in [0.25, 0.3) is 11.1 Å². The van der Waals surface area contributed by atoms with Crippen LogP contribution < -0.4 is 5.32 Å². The van der Waals surface area contributed by atoms with E-state index < -0.39 is 17.7 Å². The van der Waals surface area contributed by atoms with E-state index >= 15 is 0 Å². The Hall–Kier alpha value is -3.65. The zero-order valence-electron chi connectivity index (χ0n) is 15.4. The third kappa shape index (κ3) is 3.83. The number of carbonyl (C=O) groups is 1. The van der Waals surface area contributed by atoms with Gasteiger partial charge in [-0.25, -0.2) is 13.6 Å². The number of nitrogens with one attached hydrogen (secondary N) is 1. The minimum absolute atomic E-state index is 0.0272. The minimum Gasteiger partial charge on any atom is -0.449 e. The molecule has 0 atom stereocenters. The van der Waals surface area contributed by atoms with E-state index in [1.165, 1.54) is 12.1 Å². The fourth-order valence-electron chi connectivity index (χ4n) is 3.51. The molecule has 0 fully saturated rings. The summed E-state index contributed by atoms with van der Waals surface area (Å²) in [6.45, 7) is 0.165. The lowest BCUT2D eigenvalue weighted by molar-refractivity contribution is 0.144. The van der Waals surface area contributed by atoms with Gasteiger partial charge >= 0.3 is 6.09 Å². The molecule has 0 bridgehead atoms. The summed E-state index contributed by atoms with van der Waals surface area (Å²) in [6.07, 6.45) is -0.610. The first-order chi connectivity index (χ1) is 14.1. The second-order valence-corrected chi connectivity index (χ2v) is 6.58. The molecule has 1 aliphatic rings. The quantitative estimate of drug-likeness (QED) is 0.650. The van der Waals surface area contributed by atoms with Crippen molar-refractivity contribution in [1.29, 1.82) is 0 Å². The first-order valence-corrected chi connectivity index (χ1v) is 9.17. The highest BCUT2D eigenvalue weighted by atomic mass is 19.2. The van der Waals surface area contributed by atoms with E-state index in [1.807, 2.05) is 36.4 Å². The summed E-state index contributed by atoms with van der Waals surface area (Å²) in [7, 11) is 0. The Balaban J connectivity index is 1.36. The Morgan fingerprint density at radius 2 is 1.59 bits per heavy atom. The van der Waals surface area contributed by atoms with Crippen molar-refractivity contribution in [3.05, 3.63) is 95.1 Å². The average Bonchev–Trinajstić information content (AvgIpc) is 3.06. The van der Waals surface area contributed by atoms with E-state index in [9.17, 15) is 13.6 Å². The average molecular weight is 389 g/mol. The molecule has 3 nitrogen and oxygen atoms in total. The third-order valence-corrected chi connectivity index (χ3v) is 4.84. The molecular formula is C24H17F2NO2. The number of halogens is 2. The summed E-state index contributed by atoms with van der Waals surface area (Å²) in [6, 6.07) is 19.9. The summed E-state index contributed by atoms with van der Waals surface area (Å²) in [5, 5.41) is 2.51. The van der Waals surface area contributed by atoms with Gasteiger partial charge in [-0.2, -0.15) is 0 Å². The van der Waals surface area contributed by atoms with Gasteiger partial charge < -0.3 is 10.1 Å². The van der Waals surface area contributed by atoms with Gasteiger partial charge in [0.2, 0.25) is 0 Å². The van der Waals surface area contributed by atoms with Crippen molar-refractivity contribution < 1.29 is 18.3 Å². The lowest BCUT2D eigenvalue weighted by Gasteiger charge is -2.14. The Morgan fingerprint density at radius 1 is 0.931 bits per heavy atom. The minimum atomic E-state index is -0.999. The number of ether oxygens (including phenoxy) is 1. The molecule has 4 rings (SSSR count). The maximum absolute atomic E-state index is 13.5. The Bertz CT molecular complexity index is 1090. The normalized spacial score (nSPS) is 11.8. The van der Waals surface area contributed by atoms with Gasteiger partial charge in [0, 0.05) is 5.92 Å². The molecule has 0 unspecified atom stereocenters. The van der Waals surface area contributed by atoms with E-state index in [4.69, 9.17) is 4.74 Å². The molecule has 1 aliphatic carbocycles. The standard InChI is InChI=1S/C24H17F2NO2/c25-22-13-5-7-16(23(22)26)8-6-14-27-24(28)29-15-21-19-11-3-1-9-17(19)18-10-2-4-12-20(18)21/h1-5,7,9-13,21H,14-15H2,(H,27,28). The van der Waals surface area contributed by atoms with Crippen molar-refractivity contribution in [2.24, 2.45) is 0 Å². The summed E-state index contributed by atoms with van der Waals surface area (Å²) < 4.78 is 32.1. The molecule has 0 radical (unpaired) electrons. The number of alkyl carbamates (subject to hydrolysis) is 1. The maximum atomic E-state index is 13.5. The molecular weight excluding hydrogens is 372 g/mol. The molecule has 1 amide bonds. The van der Waals surface area contributed by atoms with Crippen LogP contribution in [0.4, 0.5) is 13.6 Å². The molecule has 3 aromatic carbocycles. The van der Waals surface area contributed by atoms with Crippen LogP contribution in [0.1, 0.15) is 22.6 Å². The predicted octanol–water partition coefficient (Wildman–Crippen LogP) is 4.86. The topological polar surface area (TPSA) is 38.3 Å². The van der Waals surface area contributed by atoms with Gasteiger partial charge in [-0.1, -0.05) is 66.4 Å². The Labute approximate surface area is 167 Å². The van der Waals surface area contributed by atoms with E-state index in [0.717, 1.165) is 28.3 Å². The van der Waals surface area contributed by atoms with Gasteiger partial charge in [0.15, 0.2) is 11.6 Å². The monoisotopic (exact) mass is 389 g/mol. The van der Waals surface area contributed by atoms with E-state index in [1.54, 1.807) is 0 Å².